The quantitative estimate of drug-likeness (QED) is 0.563. The Labute approximate surface area is 159 Å². The number of aryl methyl sites for hydroxylation is 1. The number of amides is 1. The minimum atomic E-state index is -0.0673. The van der Waals surface area contributed by atoms with Gasteiger partial charge in [-0.3, -0.25) is 4.79 Å². The molecule has 0 aliphatic rings. The fourth-order valence-electron chi connectivity index (χ4n) is 2.31. The lowest BCUT2D eigenvalue weighted by molar-refractivity contribution is -0.116. The second kappa shape index (κ2) is 8.15. The van der Waals surface area contributed by atoms with E-state index in [4.69, 9.17) is 9.15 Å². The van der Waals surface area contributed by atoms with Crippen LogP contribution in [-0.2, 0) is 11.2 Å². The molecule has 1 amide bonds. The van der Waals surface area contributed by atoms with Gasteiger partial charge in [-0.05, 0) is 59.0 Å². The summed E-state index contributed by atoms with van der Waals surface area (Å²) in [5.74, 6) is 1.89. The third kappa shape index (κ3) is 4.82. The topological polar surface area (TPSA) is 64.4 Å². The van der Waals surface area contributed by atoms with Crippen LogP contribution in [0.3, 0.4) is 0 Å². The molecule has 5 nitrogen and oxygen atoms in total. The molecule has 0 spiro atoms. The van der Waals surface area contributed by atoms with Crippen molar-refractivity contribution in [2.75, 3.05) is 12.4 Å². The molecule has 0 saturated heterocycles. The summed E-state index contributed by atoms with van der Waals surface area (Å²) in [6, 6.07) is 15.2. The maximum absolute atomic E-state index is 12.0. The van der Waals surface area contributed by atoms with Crippen LogP contribution in [0, 0.1) is 3.57 Å². The number of rotatable bonds is 6. The van der Waals surface area contributed by atoms with Gasteiger partial charge in [0.1, 0.15) is 5.75 Å². The van der Waals surface area contributed by atoms with Gasteiger partial charge in [0.2, 0.25) is 5.91 Å². The minimum Gasteiger partial charge on any atom is -0.497 e. The molecule has 2 aromatic carbocycles. The van der Waals surface area contributed by atoms with Crippen molar-refractivity contribution in [2.45, 2.75) is 12.8 Å². The average Bonchev–Trinajstić information content (AvgIpc) is 3.11. The lowest BCUT2D eigenvalue weighted by Gasteiger charge is -2.04. The molecule has 0 unspecified atom stereocenters. The van der Waals surface area contributed by atoms with E-state index in [1.807, 2.05) is 48.5 Å². The van der Waals surface area contributed by atoms with Crippen LogP contribution >= 0.6 is 22.6 Å². The summed E-state index contributed by atoms with van der Waals surface area (Å²) in [6.07, 6.45) is 2.42. The van der Waals surface area contributed by atoms with Crippen LogP contribution in [0.25, 0.3) is 11.3 Å². The SMILES string of the molecule is COc1cccc(-c2cnc(CCC(=O)Nc3ccc(I)cc3)o2)c1. The van der Waals surface area contributed by atoms with Gasteiger partial charge in [0, 0.05) is 27.7 Å². The van der Waals surface area contributed by atoms with E-state index in [2.05, 4.69) is 32.9 Å². The third-order valence-electron chi connectivity index (χ3n) is 3.60. The van der Waals surface area contributed by atoms with Gasteiger partial charge in [-0.1, -0.05) is 12.1 Å². The second-order valence-corrected chi connectivity index (χ2v) is 6.65. The van der Waals surface area contributed by atoms with Gasteiger partial charge in [0.15, 0.2) is 11.7 Å². The molecule has 1 aromatic heterocycles. The van der Waals surface area contributed by atoms with Gasteiger partial charge in [0.25, 0.3) is 0 Å². The molecule has 6 heteroatoms. The number of carbonyl (C=O) groups excluding carboxylic acids is 1. The van der Waals surface area contributed by atoms with Crippen molar-refractivity contribution in [3.63, 3.8) is 0 Å². The Morgan fingerprint density at radius 1 is 1.24 bits per heavy atom. The Morgan fingerprint density at radius 3 is 2.80 bits per heavy atom. The molecule has 0 fully saturated rings. The fourth-order valence-corrected chi connectivity index (χ4v) is 2.67. The molecule has 25 heavy (non-hydrogen) atoms. The first kappa shape index (κ1) is 17.5. The lowest BCUT2D eigenvalue weighted by atomic mass is 10.2. The zero-order valence-electron chi connectivity index (χ0n) is 13.7. The Balaban J connectivity index is 1.57. The number of nitrogens with zero attached hydrogens (tertiary/aromatic N) is 1. The van der Waals surface area contributed by atoms with E-state index in [-0.39, 0.29) is 5.91 Å². The van der Waals surface area contributed by atoms with E-state index in [9.17, 15) is 4.79 Å². The summed E-state index contributed by atoms with van der Waals surface area (Å²) >= 11 is 2.22. The number of hydrogen-bond donors (Lipinski definition) is 1. The van der Waals surface area contributed by atoms with Crippen molar-refractivity contribution in [2.24, 2.45) is 0 Å². The van der Waals surface area contributed by atoms with Crippen LogP contribution in [-0.4, -0.2) is 18.0 Å². The molecule has 0 saturated carbocycles. The van der Waals surface area contributed by atoms with Crippen LogP contribution in [0.4, 0.5) is 5.69 Å². The molecule has 3 rings (SSSR count). The molecular weight excluding hydrogens is 431 g/mol. The van der Waals surface area contributed by atoms with Gasteiger partial charge in [-0.25, -0.2) is 4.98 Å². The first-order valence-electron chi connectivity index (χ1n) is 7.78. The van der Waals surface area contributed by atoms with Crippen LogP contribution in [0.5, 0.6) is 5.75 Å². The van der Waals surface area contributed by atoms with Gasteiger partial charge in [0.05, 0.1) is 13.3 Å². The average molecular weight is 448 g/mol. The number of anilines is 1. The Morgan fingerprint density at radius 2 is 2.04 bits per heavy atom. The van der Waals surface area contributed by atoms with E-state index in [1.165, 1.54) is 0 Å². The Hall–Kier alpha value is -2.35. The van der Waals surface area contributed by atoms with Crippen molar-refractivity contribution >= 4 is 34.2 Å². The second-order valence-electron chi connectivity index (χ2n) is 5.41. The lowest BCUT2D eigenvalue weighted by Crippen LogP contribution is -2.12. The molecule has 0 atom stereocenters. The molecule has 0 aliphatic heterocycles. The molecule has 3 aromatic rings. The number of carbonyl (C=O) groups is 1. The van der Waals surface area contributed by atoms with Crippen molar-refractivity contribution < 1.29 is 13.9 Å². The highest BCUT2D eigenvalue weighted by Crippen LogP contribution is 2.24. The number of benzene rings is 2. The van der Waals surface area contributed by atoms with E-state index in [0.717, 1.165) is 20.6 Å². The van der Waals surface area contributed by atoms with Crippen LogP contribution in [0.15, 0.2) is 59.1 Å². The van der Waals surface area contributed by atoms with Crippen LogP contribution in [0.2, 0.25) is 0 Å². The highest BCUT2D eigenvalue weighted by atomic mass is 127. The predicted molar refractivity (Wildman–Crippen MR) is 105 cm³/mol. The normalized spacial score (nSPS) is 10.5. The zero-order chi connectivity index (χ0) is 17.6. The number of oxazole rings is 1. The summed E-state index contributed by atoms with van der Waals surface area (Å²) in [5, 5.41) is 2.86. The van der Waals surface area contributed by atoms with Gasteiger partial charge >= 0.3 is 0 Å². The predicted octanol–water partition coefficient (Wildman–Crippen LogP) is 4.53. The third-order valence-corrected chi connectivity index (χ3v) is 4.32. The highest BCUT2D eigenvalue weighted by Gasteiger charge is 2.10. The van der Waals surface area contributed by atoms with Gasteiger partial charge in [-0.15, -0.1) is 0 Å². The minimum absolute atomic E-state index is 0.0673. The summed E-state index contributed by atoms with van der Waals surface area (Å²) in [4.78, 5) is 16.3. The van der Waals surface area contributed by atoms with E-state index in [1.54, 1.807) is 13.3 Å². The van der Waals surface area contributed by atoms with Crippen LogP contribution in [0.1, 0.15) is 12.3 Å². The largest absolute Gasteiger partial charge is 0.497 e. The summed E-state index contributed by atoms with van der Waals surface area (Å²) in [7, 11) is 1.62. The number of methoxy groups -OCH3 is 1. The van der Waals surface area contributed by atoms with Crippen molar-refractivity contribution in [3.8, 4) is 17.1 Å². The van der Waals surface area contributed by atoms with Gasteiger partial charge < -0.3 is 14.5 Å². The summed E-state index contributed by atoms with van der Waals surface area (Å²) < 4.78 is 12.1. The van der Waals surface area contributed by atoms with Crippen LogP contribution < -0.4 is 10.1 Å². The van der Waals surface area contributed by atoms with E-state index < -0.39 is 0 Å². The molecule has 1 heterocycles. The highest BCUT2D eigenvalue weighted by molar-refractivity contribution is 14.1. The number of nitrogens with one attached hydrogen (secondary N) is 1. The zero-order valence-corrected chi connectivity index (χ0v) is 15.8. The maximum Gasteiger partial charge on any atom is 0.224 e. The van der Waals surface area contributed by atoms with E-state index in [0.29, 0.717) is 24.5 Å². The fraction of sp³-hybridized carbons (Fsp3) is 0.158. The first-order chi connectivity index (χ1) is 12.1. The smallest absolute Gasteiger partial charge is 0.224 e. The molecule has 0 bridgehead atoms. The molecule has 0 radical (unpaired) electrons. The maximum atomic E-state index is 12.0. The van der Waals surface area contributed by atoms with Gasteiger partial charge in [-0.2, -0.15) is 0 Å². The van der Waals surface area contributed by atoms with Crippen molar-refractivity contribution in [1.29, 1.82) is 0 Å². The number of aromatic nitrogens is 1. The van der Waals surface area contributed by atoms with E-state index >= 15 is 0 Å². The summed E-state index contributed by atoms with van der Waals surface area (Å²) in [6.45, 7) is 0. The first-order valence-corrected chi connectivity index (χ1v) is 8.86. The van der Waals surface area contributed by atoms with Crippen molar-refractivity contribution in [1.82, 2.24) is 4.98 Å². The Bertz CT molecular complexity index is 859. The molecule has 0 aliphatic carbocycles. The monoisotopic (exact) mass is 448 g/mol. The number of hydrogen-bond acceptors (Lipinski definition) is 4. The van der Waals surface area contributed by atoms with Crippen molar-refractivity contribution in [3.05, 3.63) is 64.2 Å². The molecule has 128 valence electrons. The Kier molecular flexibility index (Phi) is 5.70. The molecule has 1 N–H and O–H groups in total. The molecular formula is C19H17IN2O3. The number of ether oxygens (including phenoxy) is 1. The standard InChI is InChI=1S/C19H17IN2O3/c1-24-16-4-2-3-13(11-16)17-12-21-19(25-17)10-9-18(23)22-15-7-5-14(20)6-8-15/h2-8,11-12H,9-10H2,1H3,(H,22,23). The summed E-state index contributed by atoms with van der Waals surface area (Å²) in [5.41, 5.74) is 1.68. The number of halogens is 1.